The lowest BCUT2D eigenvalue weighted by Crippen LogP contribution is -2.39. The Kier molecular flexibility index (Phi) is 6.49. The number of nitrogens with zero attached hydrogens (tertiary/aromatic N) is 4. The van der Waals surface area contributed by atoms with Gasteiger partial charge in [-0.05, 0) is 56.0 Å². The van der Waals surface area contributed by atoms with Crippen molar-refractivity contribution in [3.8, 4) is 0 Å². The number of nitrogens with one attached hydrogen (secondary N) is 1. The summed E-state index contributed by atoms with van der Waals surface area (Å²) in [6.07, 6.45) is 7.38. The minimum atomic E-state index is -0.321. The first-order valence-corrected chi connectivity index (χ1v) is 10.6. The lowest BCUT2D eigenvalue weighted by atomic mass is 10.00. The molecule has 32 heavy (non-hydrogen) atoms. The second kappa shape index (κ2) is 9.64. The molecule has 1 unspecified atom stereocenters. The number of hydrogen-bond donors (Lipinski definition) is 1. The first kappa shape index (κ1) is 21.5. The number of amides is 2. The highest BCUT2D eigenvalue weighted by atomic mass is 19.1. The molecule has 0 saturated carbocycles. The van der Waals surface area contributed by atoms with Gasteiger partial charge in [-0.2, -0.15) is 0 Å². The molecule has 2 amide bonds. The number of benzene rings is 1. The Hall–Kier alpha value is -3.68. The Bertz CT molecular complexity index is 1110. The average Bonchev–Trinajstić information content (AvgIpc) is 2.83. The van der Waals surface area contributed by atoms with Crippen LogP contribution in [0.4, 0.5) is 4.39 Å². The van der Waals surface area contributed by atoms with Crippen LogP contribution >= 0.6 is 0 Å². The van der Waals surface area contributed by atoms with Crippen LogP contribution in [0.5, 0.6) is 0 Å². The molecule has 1 fully saturated rings. The van der Waals surface area contributed by atoms with Crippen LogP contribution in [0.3, 0.4) is 0 Å². The second-order valence-electron chi connectivity index (χ2n) is 7.79. The van der Waals surface area contributed by atoms with Gasteiger partial charge in [0.1, 0.15) is 5.82 Å². The maximum Gasteiger partial charge on any atom is 0.256 e. The van der Waals surface area contributed by atoms with Gasteiger partial charge in [-0.25, -0.2) is 14.4 Å². The summed E-state index contributed by atoms with van der Waals surface area (Å²) in [5.41, 5.74) is 2.25. The van der Waals surface area contributed by atoms with Crippen molar-refractivity contribution in [2.75, 3.05) is 6.54 Å². The third-order valence-electron chi connectivity index (χ3n) is 5.58. The molecule has 4 rings (SSSR count). The standard InChI is InChI=1S/C24H24FN5O2/c1-16-20(23(31)28-13-17-7-9-19(25)10-8-17)15-27-22(29-16)21-6-2-3-12-30(21)24(32)18-5-4-11-26-14-18/h4-5,7-11,14-15,21H,2-3,6,12-13H2,1H3,(H,28,31). The number of hydrogen-bond acceptors (Lipinski definition) is 5. The van der Waals surface area contributed by atoms with Crippen LogP contribution in [-0.2, 0) is 6.54 Å². The van der Waals surface area contributed by atoms with E-state index < -0.39 is 0 Å². The van der Waals surface area contributed by atoms with E-state index in [-0.39, 0.29) is 30.2 Å². The molecule has 0 aliphatic carbocycles. The van der Waals surface area contributed by atoms with E-state index in [9.17, 15) is 14.0 Å². The molecule has 1 saturated heterocycles. The zero-order valence-corrected chi connectivity index (χ0v) is 17.8. The minimum Gasteiger partial charge on any atom is -0.348 e. The highest BCUT2D eigenvalue weighted by Gasteiger charge is 2.31. The normalized spacial score (nSPS) is 15.9. The second-order valence-corrected chi connectivity index (χ2v) is 7.79. The molecule has 7 nitrogen and oxygen atoms in total. The molecule has 3 heterocycles. The summed E-state index contributed by atoms with van der Waals surface area (Å²) in [7, 11) is 0. The predicted octanol–water partition coefficient (Wildman–Crippen LogP) is 3.62. The average molecular weight is 433 g/mol. The van der Waals surface area contributed by atoms with E-state index in [1.54, 1.807) is 48.5 Å². The van der Waals surface area contributed by atoms with Crippen LogP contribution in [0.25, 0.3) is 0 Å². The molecule has 1 aliphatic rings. The SMILES string of the molecule is Cc1nc(C2CCCCN2C(=O)c2cccnc2)ncc1C(=O)NCc1ccc(F)cc1. The molecule has 1 aromatic carbocycles. The van der Waals surface area contributed by atoms with E-state index in [0.29, 0.717) is 29.2 Å². The van der Waals surface area contributed by atoms with Crippen LogP contribution in [0.15, 0.2) is 55.0 Å². The number of carbonyl (C=O) groups is 2. The van der Waals surface area contributed by atoms with E-state index in [1.165, 1.54) is 18.3 Å². The molecule has 1 aliphatic heterocycles. The fourth-order valence-electron chi connectivity index (χ4n) is 3.85. The van der Waals surface area contributed by atoms with Gasteiger partial charge in [0.25, 0.3) is 11.8 Å². The smallest absolute Gasteiger partial charge is 0.256 e. The summed E-state index contributed by atoms with van der Waals surface area (Å²) < 4.78 is 13.0. The van der Waals surface area contributed by atoms with Crippen molar-refractivity contribution in [2.24, 2.45) is 0 Å². The third kappa shape index (κ3) is 4.80. The van der Waals surface area contributed by atoms with Gasteiger partial charge in [0.15, 0.2) is 5.82 Å². The van der Waals surface area contributed by atoms with Crippen molar-refractivity contribution in [2.45, 2.75) is 38.8 Å². The third-order valence-corrected chi connectivity index (χ3v) is 5.58. The summed E-state index contributed by atoms with van der Waals surface area (Å²) >= 11 is 0. The number of rotatable bonds is 5. The molecule has 1 atom stereocenters. The predicted molar refractivity (Wildman–Crippen MR) is 116 cm³/mol. The molecule has 164 valence electrons. The summed E-state index contributed by atoms with van der Waals surface area (Å²) in [6, 6.07) is 9.21. The van der Waals surface area contributed by atoms with Gasteiger partial charge in [0.05, 0.1) is 22.9 Å². The molecule has 2 aromatic heterocycles. The Balaban J connectivity index is 1.49. The molecule has 8 heteroatoms. The topological polar surface area (TPSA) is 88.1 Å². The molecular weight excluding hydrogens is 409 g/mol. The molecule has 0 radical (unpaired) electrons. The highest BCUT2D eigenvalue weighted by Crippen LogP contribution is 2.30. The van der Waals surface area contributed by atoms with Crippen molar-refractivity contribution in [1.29, 1.82) is 0 Å². The van der Waals surface area contributed by atoms with Crippen molar-refractivity contribution >= 4 is 11.8 Å². The van der Waals surface area contributed by atoms with Crippen LogP contribution in [0.2, 0.25) is 0 Å². The van der Waals surface area contributed by atoms with Crippen LogP contribution in [0.1, 0.15) is 63.1 Å². The van der Waals surface area contributed by atoms with Gasteiger partial charge in [-0.1, -0.05) is 12.1 Å². The van der Waals surface area contributed by atoms with E-state index in [0.717, 1.165) is 24.8 Å². The highest BCUT2D eigenvalue weighted by molar-refractivity contribution is 5.95. The Labute approximate surface area is 185 Å². The summed E-state index contributed by atoms with van der Waals surface area (Å²) in [5, 5.41) is 2.81. The van der Waals surface area contributed by atoms with Gasteiger partial charge >= 0.3 is 0 Å². The molecular formula is C24H24FN5O2. The monoisotopic (exact) mass is 433 g/mol. The van der Waals surface area contributed by atoms with Crippen molar-refractivity contribution in [1.82, 2.24) is 25.2 Å². The maximum atomic E-state index is 13.0. The fraction of sp³-hybridized carbons (Fsp3) is 0.292. The van der Waals surface area contributed by atoms with E-state index >= 15 is 0 Å². The summed E-state index contributed by atoms with van der Waals surface area (Å²) in [6.45, 7) is 2.66. The minimum absolute atomic E-state index is 0.0924. The van der Waals surface area contributed by atoms with Gasteiger partial charge in [-0.15, -0.1) is 0 Å². The van der Waals surface area contributed by atoms with E-state index in [2.05, 4.69) is 20.3 Å². The van der Waals surface area contributed by atoms with Gasteiger partial charge in [0, 0.05) is 31.7 Å². The van der Waals surface area contributed by atoms with E-state index in [4.69, 9.17) is 0 Å². The fourth-order valence-corrected chi connectivity index (χ4v) is 3.85. The molecule has 0 bridgehead atoms. The number of pyridine rings is 1. The first-order chi connectivity index (χ1) is 15.5. The van der Waals surface area contributed by atoms with Gasteiger partial charge in [-0.3, -0.25) is 14.6 Å². The number of piperidine rings is 1. The van der Waals surface area contributed by atoms with Gasteiger partial charge < -0.3 is 10.2 Å². The van der Waals surface area contributed by atoms with Crippen LogP contribution in [-0.4, -0.2) is 38.2 Å². The Morgan fingerprint density at radius 2 is 1.97 bits per heavy atom. The van der Waals surface area contributed by atoms with E-state index in [1.807, 2.05) is 0 Å². The van der Waals surface area contributed by atoms with Crippen LogP contribution < -0.4 is 5.32 Å². The van der Waals surface area contributed by atoms with Crippen molar-refractivity contribution in [3.05, 3.63) is 89.0 Å². The van der Waals surface area contributed by atoms with Crippen molar-refractivity contribution in [3.63, 3.8) is 0 Å². The molecule has 3 aromatic rings. The zero-order chi connectivity index (χ0) is 22.5. The number of carbonyl (C=O) groups excluding carboxylic acids is 2. The quantitative estimate of drug-likeness (QED) is 0.664. The Morgan fingerprint density at radius 1 is 1.16 bits per heavy atom. The van der Waals surface area contributed by atoms with Crippen molar-refractivity contribution < 1.29 is 14.0 Å². The largest absolute Gasteiger partial charge is 0.348 e. The number of halogens is 1. The van der Waals surface area contributed by atoms with Crippen LogP contribution in [0, 0.1) is 12.7 Å². The zero-order valence-electron chi connectivity index (χ0n) is 17.8. The molecule has 1 N–H and O–H groups in total. The number of aromatic nitrogens is 3. The number of likely N-dealkylation sites (tertiary alicyclic amines) is 1. The first-order valence-electron chi connectivity index (χ1n) is 10.6. The maximum absolute atomic E-state index is 13.0. The number of aryl methyl sites for hydroxylation is 1. The lowest BCUT2D eigenvalue weighted by Gasteiger charge is -2.34. The Morgan fingerprint density at radius 3 is 2.69 bits per heavy atom. The van der Waals surface area contributed by atoms with Gasteiger partial charge in [0.2, 0.25) is 0 Å². The summed E-state index contributed by atoms with van der Waals surface area (Å²) in [5.74, 6) is -0.177. The summed E-state index contributed by atoms with van der Waals surface area (Å²) in [4.78, 5) is 40.5. The molecule has 0 spiro atoms. The lowest BCUT2D eigenvalue weighted by molar-refractivity contribution is 0.0598.